The summed E-state index contributed by atoms with van der Waals surface area (Å²) in [6, 6.07) is 10.3. The standard InChI is InChI=1S/C24H32N6O3S/c1-2-11-34-24-26-22(25-17-13-16(17)14-7-4-3-5-8-14)19-23(27-24)30(29-28-19)18-12-15(9-6-10-31)20(32)21(18)33/h3-5,7-8,15-18,20-21,31-33H,2,6,9-13H2,1H3,(H,25,26,27)/t15-,16?,17?,18+,20+,21-/m1/s1. The van der Waals surface area contributed by atoms with Crippen LogP contribution in [0.15, 0.2) is 35.5 Å². The summed E-state index contributed by atoms with van der Waals surface area (Å²) < 4.78 is 1.66. The van der Waals surface area contributed by atoms with Gasteiger partial charge in [0.15, 0.2) is 22.1 Å². The van der Waals surface area contributed by atoms with Gasteiger partial charge in [-0.3, -0.25) is 0 Å². The molecule has 2 aliphatic carbocycles. The number of anilines is 1. The third-order valence-electron chi connectivity index (χ3n) is 6.90. The Morgan fingerprint density at radius 1 is 1.12 bits per heavy atom. The molecule has 10 heteroatoms. The molecule has 0 spiro atoms. The van der Waals surface area contributed by atoms with Crippen LogP contribution < -0.4 is 5.32 Å². The van der Waals surface area contributed by atoms with Gasteiger partial charge in [-0.05, 0) is 43.6 Å². The molecule has 2 fully saturated rings. The average Bonchev–Trinajstić information content (AvgIpc) is 3.41. The minimum Gasteiger partial charge on any atom is -0.396 e. The van der Waals surface area contributed by atoms with E-state index < -0.39 is 18.2 Å². The molecule has 6 atom stereocenters. The zero-order valence-electron chi connectivity index (χ0n) is 19.3. The van der Waals surface area contributed by atoms with Crippen LogP contribution in [-0.4, -0.2) is 70.9 Å². The first kappa shape index (κ1) is 23.5. The first-order valence-electron chi connectivity index (χ1n) is 12.1. The van der Waals surface area contributed by atoms with E-state index in [0.29, 0.717) is 47.3 Å². The van der Waals surface area contributed by atoms with Crippen molar-refractivity contribution in [1.29, 1.82) is 0 Å². The van der Waals surface area contributed by atoms with E-state index in [1.54, 1.807) is 16.4 Å². The van der Waals surface area contributed by atoms with Crippen LogP contribution >= 0.6 is 11.8 Å². The van der Waals surface area contributed by atoms with Gasteiger partial charge in [0, 0.05) is 24.3 Å². The van der Waals surface area contributed by atoms with Crippen molar-refractivity contribution < 1.29 is 15.3 Å². The van der Waals surface area contributed by atoms with Crippen molar-refractivity contribution in [2.75, 3.05) is 17.7 Å². The van der Waals surface area contributed by atoms with Gasteiger partial charge >= 0.3 is 0 Å². The van der Waals surface area contributed by atoms with Gasteiger partial charge in [0.05, 0.1) is 12.1 Å². The van der Waals surface area contributed by atoms with Gasteiger partial charge in [-0.15, -0.1) is 5.10 Å². The van der Waals surface area contributed by atoms with E-state index in [9.17, 15) is 15.3 Å². The quantitative estimate of drug-likeness (QED) is 0.253. The van der Waals surface area contributed by atoms with Gasteiger partial charge in [-0.2, -0.15) is 0 Å². The summed E-state index contributed by atoms with van der Waals surface area (Å²) in [5, 5.41) is 43.5. The number of hydrogen-bond acceptors (Lipinski definition) is 9. The van der Waals surface area contributed by atoms with Crippen LogP contribution in [0.1, 0.15) is 56.6 Å². The number of nitrogens with one attached hydrogen (secondary N) is 1. The first-order chi connectivity index (χ1) is 16.6. The molecule has 9 nitrogen and oxygen atoms in total. The van der Waals surface area contributed by atoms with Crippen molar-refractivity contribution in [3.05, 3.63) is 35.9 Å². The molecule has 2 unspecified atom stereocenters. The Kier molecular flexibility index (Phi) is 7.01. The van der Waals surface area contributed by atoms with Gasteiger partial charge in [-0.25, -0.2) is 14.6 Å². The third kappa shape index (κ3) is 4.64. The number of aromatic nitrogens is 5. The van der Waals surface area contributed by atoms with E-state index in [-0.39, 0.29) is 18.6 Å². The van der Waals surface area contributed by atoms with Crippen molar-refractivity contribution in [1.82, 2.24) is 25.0 Å². The molecule has 0 bridgehead atoms. The van der Waals surface area contributed by atoms with Crippen molar-refractivity contribution >= 4 is 28.7 Å². The van der Waals surface area contributed by atoms with Gasteiger partial charge < -0.3 is 20.6 Å². The van der Waals surface area contributed by atoms with Crippen LogP contribution in [-0.2, 0) is 0 Å². The predicted molar refractivity (Wildman–Crippen MR) is 131 cm³/mol. The molecule has 0 aliphatic heterocycles. The first-order valence-corrected chi connectivity index (χ1v) is 13.1. The maximum Gasteiger partial charge on any atom is 0.191 e. The molecule has 1 aromatic carbocycles. The highest BCUT2D eigenvalue weighted by molar-refractivity contribution is 7.99. The molecule has 182 valence electrons. The van der Waals surface area contributed by atoms with Gasteiger partial charge in [0.2, 0.25) is 0 Å². The lowest BCUT2D eigenvalue weighted by molar-refractivity contribution is 0.00263. The molecular formula is C24H32N6O3S. The molecule has 4 N–H and O–H groups in total. The molecule has 0 saturated heterocycles. The zero-order valence-corrected chi connectivity index (χ0v) is 20.1. The van der Waals surface area contributed by atoms with Gasteiger partial charge in [0.1, 0.15) is 6.10 Å². The lowest BCUT2D eigenvalue weighted by Gasteiger charge is -2.17. The molecule has 2 aromatic heterocycles. The van der Waals surface area contributed by atoms with Gasteiger partial charge in [0.25, 0.3) is 0 Å². The SMILES string of the molecule is CCCSc1nc(NC2CC2c2ccccc2)c2nnn([C@H]3C[C@@H](CCCO)[C@H](O)[C@@H]3O)c2n1. The maximum atomic E-state index is 10.8. The smallest absolute Gasteiger partial charge is 0.191 e. The van der Waals surface area contributed by atoms with E-state index >= 15 is 0 Å². The van der Waals surface area contributed by atoms with Crippen LogP contribution in [0.2, 0.25) is 0 Å². The molecule has 0 radical (unpaired) electrons. The Bertz CT molecular complexity index is 1110. The molecule has 3 aromatic rings. The second-order valence-corrected chi connectivity index (χ2v) is 10.4. The normalized spacial score (nSPS) is 28.5. The van der Waals surface area contributed by atoms with Crippen LogP contribution in [0, 0.1) is 5.92 Å². The van der Waals surface area contributed by atoms with E-state index in [0.717, 1.165) is 18.6 Å². The minimum atomic E-state index is -0.961. The number of hydrogen-bond donors (Lipinski definition) is 4. The zero-order chi connectivity index (χ0) is 23.7. The molecule has 5 rings (SSSR count). The highest BCUT2D eigenvalue weighted by atomic mass is 32.2. The van der Waals surface area contributed by atoms with Crippen molar-refractivity contribution in [2.24, 2.45) is 5.92 Å². The number of nitrogens with zero attached hydrogens (tertiary/aromatic N) is 5. The van der Waals surface area contributed by atoms with E-state index in [2.05, 4.69) is 46.8 Å². The number of aliphatic hydroxyl groups excluding tert-OH is 3. The van der Waals surface area contributed by atoms with Crippen LogP contribution in [0.25, 0.3) is 11.2 Å². The largest absolute Gasteiger partial charge is 0.396 e. The number of rotatable bonds is 10. The Balaban J connectivity index is 1.43. The van der Waals surface area contributed by atoms with Crippen LogP contribution in [0.4, 0.5) is 5.82 Å². The molecule has 2 aliphatic rings. The number of fused-ring (bicyclic) bond motifs is 1. The molecule has 2 saturated carbocycles. The summed E-state index contributed by atoms with van der Waals surface area (Å²) in [5.41, 5.74) is 2.47. The predicted octanol–water partition coefficient (Wildman–Crippen LogP) is 2.75. The third-order valence-corrected chi connectivity index (χ3v) is 7.95. The Labute approximate surface area is 203 Å². The van der Waals surface area contributed by atoms with Crippen molar-refractivity contribution in [3.8, 4) is 0 Å². The highest BCUT2D eigenvalue weighted by Gasteiger charge is 2.44. The Hall–Kier alpha value is -2.27. The fraction of sp³-hybridized carbons (Fsp3) is 0.583. The summed E-state index contributed by atoms with van der Waals surface area (Å²) in [6.07, 6.45) is 2.02. The average molecular weight is 485 g/mol. The summed E-state index contributed by atoms with van der Waals surface area (Å²) >= 11 is 1.59. The number of thioether (sulfide) groups is 1. The number of benzene rings is 1. The fourth-order valence-electron chi connectivity index (χ4n) is 4.97. The summed E-state index contributed by atoms with van der Waals surface area (Å²) in [4.78, 5) is 9.51. The van der Waals surface area contributed by atoms with E-state index in [1.807, 2.05) is 6.07 Å². The monoisotopic (exact) mass is 484 g/mol. The molecular weight excluding hydrogens is 452 g/mol. The summed E-state index contributed by atoms with van der Waals surface area (Å²) in [6.45, 7) is 2.19. The lowest BCUT2D eigenvalue weighted by Crippen LogP contribution is -2.30. The van der Waals surface area contributed by atoms with Crippen LogP contribution in [0.3, 0.4) is 0 Å². The summed E-state index contributed by atoms with van der Waals surface area (Å²) in [7, 11) is 0. The fourth-order valence-corrected chi connectivity index (χ4v) is 5.67. The second kappa shape index (κ2) is 10.2. The lowest BCUT2D eigenvalue weighted by atomic mass is 9.99. The van der Waals surface area contributed by atoms with E-state index in [4.69, 9.17) is 9.97 Å². The van der Waals surface area contributed by atoms with E-state index in [1.165, 1.54) is 5.56 Å². The van der Waals surface area contributed by atoms with Crippen molar-refractivity contribution in [2.45, 2.75) is 74.4 Å². The molecule has 2 heterocycles. The highest BCUT2D eigenvalue weighted by Crippen LogP contribution is 2.44. The Morgan fingerprint density at radius 3 is 2.71 bits per heavy atom. The number of aliphatic hydroxyl groups is 3. The minimum absolute atomic E-state index is 0.0711. The van der Waals surface area contributed by atoms with Crippen molar-refractivity contribution in [3.63, 3.8) is 0 Å². The maximum absolute atomic E-state index is 10.8. The van der Waals surface area contributed by atoms with Crippen LogP contribution in [0.5, 0.6) is 0 Å². The summed E-state index contributed by atoms with van der Waals surface area (Å²) in [5.74, 6) is 1.91. The molecule has 34 heavy (non-hydrogen) atoms. The second-order valence-electron chi connectivity index (χ2n) is 9.32. The Morgan fingerprint density at radius 2 is 1.94 bits per heavy atom. The van der Waals surface area contributed by atoms with Gasteiger partial charge in [-0.1, -0.05) is 54.2 Å². The molecule has 0 amide bonds. The topological polar surface area (TPSA) is 129 Å².